The van der Waals surface area contributed by atoms with Gasteiger partial charge in [-0.05, 0) is 49.6 Å². The number of anilines is 1. The second-order valence-corrected chi connectivity index (χ2v) is 9.80. The number of benzene rings is 1. The molecule has 7 nitrogen and oxygen atoms in total. The predicted octanol–water partition coefficient (Wildman–Crippen LogP) is 3.62. The molecule has 2 aromatic heterocycles. The monoisotopic (exact) mass is 473 g/mol. The normalized spacial score (nSPS) is 19.7. The number of nitrogens with zero attached hydrogens (tertiary/aromatic N) is 5. The van der Waals surface area contributed by atoms with E-state index in [0.29, 0.717) is 48.8 Å². The third-order valence-electron chi connectivity index (χ3n) is 7.07. The van der Waals surface area contributed by atoms with Gasteiger partial charge in [0.25, 0.3) is 5.91 Å². The van der Waals surface area contributed by atoms with Crippen molar-refractivity contribution < 1.29 is 14.0 Å². The van der Waals surface area contributed by atoms with Gasteiger partial charge in [-0.3, -0.25) is 19.5 Å². The highest BCUT2D eigenvalue weighted by molar-refractivity contribution is 6.00. The summed E-state index contributed by atoms with van der Waals surface area (Å²) < 4.78 is 13.6. The molecule has 180 valence electrons. The molecule has 1 atom stereocenters. The minimum Gasteiger partial charge on any atom is -0.338 e. The van der Waals surface area contributed by atoms with E-state index >= 15 is 0 Å². The van der Waals surface area contributed by atoms with E-state index in [1.165, 1.54) is 12.1 Å². The molecule has 0 bridgehead atoms. The van der Waals surface area contributed by atoms with Gasteiger partial charge < -0.3 is 4.90 Å². The van der Waals surface area contributed by atoms with Crippen LogP contribution in [0.25, 0.3) is 0 Å². The summed E-state index contributed by atoms with van der Waals surface area (Å²) in [6.07, 6.45) is 4.10. The Bertz CT molecular complexity index is 1330. The van der Waals surface area contributed by atoms with Crippen LogP contribution in [0.2, 0.25) is 0 Å². The standard InChI is InChI=1S/C27H28FN5O2/c1-17-22-15-23(34)32(3)24(22)31-26(30-17)27(2)9-5-11-33(16-27)25(35)19-8-10-29-21(14-19)13-18-6-4-7-20(28)12-18/h4,6-8,10,12,14H,5,9,11,13,15-16H2,1-3H3. The van der Waals surface area contributed by atoms with Crippen LogP contribution < -0.4 is 4.90 Å². The van der Waals surface area contributed by atoms with Gasteiger partial charge in [0.05, 0.1) is 6.42 Å². The number of likely N-dealkylation sites (tertiary alicyclic amines) is 1. The molecule has 2 amide bonds. The minimum absolute atomic E-state index is 0.0203. The lowest BCUT2D eigenvalue weighted by Crippen LogP contribution is -2.48. The summed E-state index contributed by atoms with van der Waals surface area (Å²) in [6.45, 7) is 5.15. The molecule has 1 unspecified atom stereocenters. The van der Waals surface area contributed by atoms with Crippen molar-refractivity contribution in [1.29, 1.82) is 0 Å². The number of carbonyl (C=O) groups is 2. The molecule has 1 saturated heterocycles. The number of halogens is 1. The van der Waals surface area contributed by atoms with Gasteiger partial charge in [0.15, 0.2) is 0 Å². The molecule has 1 fully saturated rings. The van der Waals surface area contributed by atoms with E-state index in [9.17, 15) is 14.0 Å². The molecule has 4 heterocycles. The van der Waals surface area contributed by atoms with Gasteiger partial charge in [-0.2, -0.15) is 0 Å². The molecule has 0 saturated carbocycles. The molecule has 0 radical (unpaired) electrons. The number of rotatable bonds is 4. The molecule has 8 heteroatoms. The molecule has 5 rings (SSSR count). The zero-order valence-corrected chi connectivity index (χ0v) is 20.2. The Morgan fingerprint density at radius 1 is 1.20 bits per heavy atom. The number of piperidine rings is 1. The Balaban J connectivity index is 1.37. The number of carbonyl (C=O) groups excluding carboxylic acids is 2. The fourth-order valence-corrected chi connectivity index (χ4v) is 5.07. The van der Waals surface area contributed by atoms with Crippen molar-refractivity contribution in [2.24, 2.45) is 0 Å². The number of aromatic nitrogens is 3. The molecule has 2 aliphatic heterocycles. The van der Waals surface area contributed by atoms with Crippen LogP contribution in [0.3, 0.4) is 0 Å². The maximum atomic E-state index is 13.6. The summed E-state index contributed by atoms with van der Waals surface area (Å²) in [6, 6.07) is 9.92. The predicted molar refractivity (Wildman–Crippen MR) is 130 cm³/mol. The molecule has 0 spiro atoms. The van der Waals surface area contributed by atoms with Crippen molar-refractivity contribution in [2.45, 2.75) is 44.9 Å². The Kier molecular flexibility index (Phi) is 5.83. The first-order valence-corrected chi connectivity index (χ1v) is 11.9. The van der Waals surface area contributed by atoms with Crippen molar-refractivity contribution in [1.82, 2.24) is 19.9 Å². The summed E-state index contributed by atoms with van der Waals surface area (Å²) in [5, 5.41) is 0. The lowest BCUT2D eigenvalue weighted by atomic mass is 9.80. The maximum Gasteiger partial charge on any atom is 0.254 e. The first-order valence-electron chi connectivity index (χ1n) is 11.9. The van der Waals surface area contributed by atoms with Crippen LogP contribution in [0, 0.1) is 12.7 Å². The molecule has 2 aliphatic rings. The quantitative estimate of drug-likeness (QED) is 0.578. The van der Waals surface area contributed by atoms with E-state index in [-0.39, 0.29) is 17.6 Å². The number of likely N-dealkylation sites (N-methyl/N-ethyl adjacent to an activating group) is 1. The SMILES string of the molecule is Cc1nc(C2(C)CCCN(C(=O)c3ccnc(Cc4cccc(F)c4)c3)C2)nc2c1CC(=O)N2C. The van der Waals surface area contributed by atoms with Crippen LogP contribution in [0.5, 0.6) is 0 Å². The van der Waals surface area contributed by atoms with Crippen LogP contribution in [0.4, 0.5) is 10.2 Å². The second kappa shape index (κ2) is 8.83. The molecule has 0 aliphatic carbocycles. The fraction of sp³-hybridized carbons (Fsp3) is 0.370. The number of hydrogen-bond acceptors (Lipinski definition) is 5. The number of pyridine rings is 1. The average molecular weight is 474 g/mol. The Labute approximate surface area is 204 Å². The molecule has 0 N–H and O–H groups in total. The smallest absolute Gasteiger partial charge is 0.254 e. The Morgan fingerprint density at radius 3 is 2.83 bits per heavy atom. The summed E-state index contributed by atoms with van der Waals surface area (Å²) in [7, 11) is 1.74. The second-order valence-electron chi connectivity index (χ2n) is 9.80. The van der Waals surface area contributed by atoms with Crippen LogP contribution in [-0.2, 0) is 23.1 Å². The van der Waals surface area contributed by atoms with Crippen molar-refractivity contribution in [3.05, 3.63) is 82.3 Å². The van der Waals surface area contributed by atoms with Gasteiger partial charge in [-0.1, -0.05) is 19.1 Å². The number of aryl methyl sites for hydroxylation is 1. The lowest BCUT2D eigenvalue weighted by molar-refractivity contribution is -0.117. The summed E-state index contributed by atoms with van der Waals surface area (Å²) >= 11 is 0. The summed E-state index contributed by atoms with van der Waals surface area (Å²) in [4.78, 5) is 43.1. The third kappa shape index (κ3) is 4.40. The highest BCUT2D eigenvalue weighted by Crippen LogP contribution is 2.36. The summed E-state index contributed by atoms with van der Waals surface area (Å²) in [5.74, 6) is 1.02. The molecule has 35 heavy (non-hydrogen) atoms. The van der Waals surface area contributed by atoms with Gasteiger partial charge in [-0.25, -0.2) is 14.4 Å². The fourth-order valence-electron chi connectivity index (χ4n) is 5.07. The Hall–Kier alpha value is -3.68. The average Bonchev–Trinajstić information content (AvgIpc) is 3.13. The van der Waals surface area contributed by atoms with E-state index in [2.05, 4.69) is 11.9 Å². The zero-order valence-electron chi connectivity index (χ0n) is 20.2. The third-order valence-corrected chi connectivity index (χ3v) is 7.07. The number of hydrogen-bond donors (Lipinski definition) is 0. The van der Waals surface area contributed by atoms with Crippen LogP contribution in [-0.4, -0.2) is 51.8 Å². The van der Waals surface area contributed by atoms with Crippen LogP contribution in [0.15, 0.2) is 42.6 Å². The van der Waals surface area contributed by atoms with Gasteiger partial charge >= 0.3 is 0 Å². The molecule has 1 aromatic carbocycles. The first kappa shape index (κ1) is 23.1. The first-order chi connectivity index (χ1) is 16.7. The van der Waals surface area contributed by atoms with Crippen LogP contribution >= 0.6 is 0 Å². The highest BCUT2D eigenvalue weighted by Gasteiger charge is 2.39. The van der Waals surface area contributed by atoms with Crippen molar-refractivity contribution in [3.8, 4) is 0 Å². The van der Waals surface area contributed by atoms with E-state index in [1.54, 1.807) is 36.3 Å². The van der Waals surface area contributed by atoms with Gasteiger partial charge in [0.2, 0.25) is 5.91 Å². The molecule has 3 aromatic rings. The lowest BCUT2D eigenvalue weighted by Gasteiger charge is -2.39. The minimum atomic E-state index is -0.419. The van der Waals surface area contributed by atoms with E-state index in [1.807, 2.05) is 17.9 Å². The Morgan fingerprint density at radius 2 is 2.03 bits per heavy atom. The van der Waals surface area contributed by atoms with Crippen molar-refractivity contribution in [2.75, 3.05) is 25.0 Å². The summed E-state index contributed by atoms with van der Waals surface area (Å²) in [5.41, 5.74) is 3.37. The number of amides is 2. The van der Waals surface area contributed by atoms with Gasteiger partial charge in [0.1, 0.15) is 17.5 Å². The van der Waals surface area contributed by atoms with E-state index in [4.69, 9.17) is 9.97 Å². The van der Waals surface area contributed by atoms with Gasteiger partial charge in [-0.15, -0.1) is 0 Å². The highest BCUT2D eigenvalue weighted by atomic mass is 19.1. The van der Waals surface area contributed by atoms with Gasteiger partial charge in [0, 0.05) is 60.7 Å². The van der Waals surface area contributed by atoms with Crippen LogP contribution in [0.1, 0.15) is 58.5 Å². The largest absolute Gasteiger partial charge is 0.338 e. The van der Waals surface area contributed by atoms with Crippen molar-refractivity contribution >= 4 is 17.6 Å². The van der Waals surface area contributed by atoms with E-state index < -0.39 is 5.41 Å². The molecular weight excluding hydrogens is 445 g/mol. The number of fused-ring (bicyclic) bond motifs is 1. The van der Waals surface area contributed by atoms with E-state index in [0.717, 1.165) is 29.7 Å². The molecular formula is C27H28FN5O2. The maximum absolute atomic E-state index is 13.6. The van der Waals surface area contributed by atoms with Crippen molar-refractivity contribution in [3.63, 3.8) is 0 Å². The topological polar surface area (TPSA) is 79.3 Å². The zero-order chi connectivity index (χ0) is 24.7.